The summed E-state index contributed by atoms with van der Waals surface area (Å²) in [6.45, 7) is 0.203. The largest absolute Gasteiger partial charge is 0.507 e. The van der Waals surface area contributed by atoms with Gasteiger partial charge in [-0.15, -0.1) is 0 Å². The van der Waals surface area contributed by atoms with Gasteiger partial charge in [-0.3, -0.25) is 9.59 Å². The lowest BCUT2D eigenvalue weighted by atomic mass is 9.94. The van der Waals surface area contributed by atoms with E-state index in [-0.39, 0.29) is 17.9 Å². The summed E-state index contributed by atoms with van der Waals surface area (Å²) < 4.78 is 15.4. The maximum atomic E-state index is 13.2. The molecule has 1 fully saturated rings. The van der Waals surface area contributed by atoms with Crippen molar-refractivity contribution in [2.75, 3.05) is 27.9 Å². The Morgan fingerprint density at radius 3 is 2.16 bits per heavy atom. The van der Waals surface area contributed by atoms with Crippen molar-refractivity contribution in [2.24, 2.45) is 0 Å². The monoisotopic (exact) mass is 501 g/mol. The van der Waals surface area contributed by atoms with Crippen LogP contribution in [0.25, 0.3) is 5.76 Å². The lowest BCUT2D eigenvalue weighted by molar-refractivity contribution is -0.139. The maximum Gasteiger partial charge on any atom is 0.337 e. The van der Waals surface area contributed by atoms with Crippen LogP contribution in [0, 0.1) is 0 Å². The number of nitrogens with zero attached hydrogens (tertiary/aromatic N) is 1. The molecule has 3 aromatic carbocycles. The summed E-state index contributed by atoms with van der Waals surface area (Å²) in [5.74, 6) is -1.09. The van der Waals surface area contributed by atoms with Crippen molar-refractivity contribution in [3.63, 3.8) is 0 Å². The van der Waals surface area contributed by atoms with Crippen molar-refractivity contribution >= 4 is 23.4 Å². The number of methoxy groups -OCH3 is 3. The Balaban J connectivity index is 1.74. The fourth-order valence-corrected chi connectivity index (χ4v) is 4.41. The van der Waals surface area contributed by atoms with Crippen molar-refractivity contribution in [3.8, 4) is 11.5 Å². The summed E-state index contributed by atoms with van der Waals surface area (Å²) in [4.78, 5) is 39.8. The zero-order valence-corrected chi connectivity index (χ0v) is 20.8. The first-order chi connectivity index (χ1) is 17.9. The molecule has 0 aliphatic carbocycles. The minimum atomic E-state index is -0.841. The highest BCUT2D eigenvalue weighted by Crippen LogP contribution is 2.39. The number of hydrogen-bond acceptors (Lipinski definition) is 7. The molecule has 8 heteroatoms. The van der Waals surface area contributed by atoms with Crippen LogP contribution < -0.4 is 9.47 Å². The second-order valence-electron chi connectivity index (χ2n) is 8.41. The molecule has 0 radical (unpaired) electrons. The number of esters is 1. The molecular formula is C29H27NO7. The van der Waals surface area contributed by atoms with Gasteiger partial charge >= 0.3 is 5.97 Å². The summed E-state index contributed by atoms with van der Waals surface area (Å²) in [5, 5.41) is 11.1. The van der Waals surface area contributed by atoms with Crippen LogP contribution in [-0.2, 0) is 20.7 Å². The number of amides is 1. The van der Waals surface area contributed by atoms with Crippen LogP contribution in [0.3, 0.4) is 0 Å². The summed E-state index contributed by atoms with van der Waals surface area (Å²) in [6.07, 6.45) is 0.426. The fraction of sp³-hybridized carbons (Fsp3) is 0.207. The molecule has 8 nitrogen and oxygen atoms in total. The van der Waals surface area contributed by atoms with E-state index in [1.165, 1.54) is 12.0 Å². The number of Topliss-reactive ketones (excluding diaryl/α,β-unsaturated/α-hetero) is 1. The van der Waals surface area contributed by atoms with Gasteiger partial charge in [0.15, 0.2) is 11.5 Å². The zero-order chi connectivity index (χ0) is 26.5. The number of ketones is 1. The summed E-state index contributed by atoms with van der Waals surface area (Å²) in [7, 11) is 4.39. The van der Waals surface area contributed by atoms with Gasteiger partial charge in [-0.1, -0.05) is 48.5 Å². The van der Waals surface area contributed by atoms with Crippen LogP contribution in [0.2, 0.25) is 0 Å². The van der Waals surface area contributed by atoms with E-state index in [0.717, 1.165) is 5.56 Å². The number of hydrogen-bond donors (Lipinski definition) is 1. The van der Waals surface area contributed by atoms with E-state index in [2.05, 4.69) is 0 Å². The third-order valence-corrected chi connectivity index (χ3v) is 6.32. The number of ether oxygens (including phenoxy) is 3. The van der Waals surface area contributed by atoms with Crippen LogP contribution in [0.5, 0.6) is 11.5 Å². The third-order valence-electron chi connectivity index (χ3n) is 6.32. The zero-order valence-electron chi connectivity index (χ0n) is 20.8. The van der Waals surface area contributed by atoms with Crippen LogP contribution in [0.4, 0.5) is 0 Å². The number of likely N-dealkylation sites (tertiary alicyclic amines) is 1. The standard InChI is InChI=1S/C29H27NO7/c1-35-22-14-9-18(17-23(22)36-2)15-16-30-25(19-10-12-21(13-11-19)29(34)37-3)24(27(32)28(30)33)26(31)20-7-5-4-6-8-20/h4-14,17,25,31H,15-16H2,1-3H3/t25-/m1/s1. The molecule has 0 bridgehead atoms. The van der Waals surface area contributed by atoms with Crippen LogP contribution in [0.15, 0.2) is 78.4 Å². The third kappa shape index (κ3) is 5.04. The molecule has 1 amide bonds. The number of carbonyl (C=O) groups excluding carboxylic acids is 3. The molecule has 37 heavy (non-hydrogen) atoms. The van der Waals surface area contributed by atoms with E-state index in [1.54, 1.807) is 74.9 Å². The molecular weight excluding hydrogens is 474 g/mol. The van der Waals surface area contributed by atoms with Gasteiger partial charge in [-0.2, -0.15) is 0 Å². The van der Waals surface area contributed by atoms with E-state index >= 15 is 0 Å². The molecule has 0 saturated carbocycles. The van der Waals surface area contributed by atoms with Gasteiger partial charge in [0.25, 0.3) is 11.7 Å². The predicted octanol–water partition coefficient (Wildman–Crippen LogP) is 4.15. The molecule has 0 unspecified atom stereocenters. The first-order valence-corrected chi connectivity index (χ1v) is 11.6. The minimum Gasteiger partial charge on any atom is -0.507 e. The number of rotatable bonds is 8. The molecule has 190 valence electrons. The molecule has 3 aromatic rings. The SMILES string of the molecule is COC(=O)c1ccc([C@@H]2C(=C(O)c3ccccc3)C(=O)C(=O)N2CCc2ccc(OC)c(OC)c2)cc1. The summed E-state index contributed by atoms with van der Waals surface area (Å²) in [5.41, 5.74) is 2.21. The first-order valence-electron chi connectivity index (χ1n) is 11.6. The molecule has 1 N–H and O–H groups in total. The molecule has 1 aliphatic heterocycles. The molecule has 1 atom stereocenters. The van der Waals surface area contributed by atoms with Crippen molar-refractivity contribution in [1.82, 2.24) is 4.90 Å². The van der Waals surface area contributed by atoms with Gasteiger partial charge in [0, 0.05) is 12.1 Å². The Bertz CT molecular complexity index is 1350. The van der Waals surface area contributed by atoms with Gasteiger partial charge in [-0.25, -0.2) is 4.79 Å². The lowest BCUT2D eigenvalue weighted by Crippen LogP contribution is -2.31. The van der Waals surface area contributed by atoms with Crippen molar-refractivity contribution in [1.29, 1.82) is 0 Å². The van der Waals surface area contributed by atoms with Gasteiger partial charge in [0.2, 0.25) is 0 Å². The smallest absolute Gasteiger partial charge is 0.337 e. The topological polar surface area (TPSA) is 102 Å². The van der Waals surface area contributed by atoms with Crippen LogP contribution in [0.1, 0.15) is 33.1 Å². The highest BCUT2D eigenvalue weighted by Gasteiger charge is 2.45. The van der Waals surface area contributed by atoms with Gasteiger partial charge in [0.1, 0.15) is 5.76 Å². The Morgan fingerprint density at radius 1 is 0.865 bits per heavy atom. The van der Waals surface area contributed by atoms with E-state index in [1.807, 2.05) is 12.1 Å². The van der Waals surface area contributed by atoms with Gasteiger partial charge in [-0.05, 0) is 41.8 Å². The Morgan fingerprint density at radius 2 is 1.54 bits per heavy atom. The lowest BCUT2D eigenvalue weighted by Gasteiger charge is -2.25. The van der Waals surface area contributed by atoms with E-state index in [0.29, 0.717) is 34.6 Å². The van der Waals surface area contributed by atoms with E-state index < -0.39 is 23.7 Å². The highest BCUT2D eigenvalue weighted by molar-refractivity contribution is 6.46. The molecule has 1 aliphatic rings. The molecule has 0 aromatic heterocycles. The quantitative estimate of drug-likeness (QED) is 0.214. The predicted molar refractivity (Wildman–Crippen MR) is 136 cm³/mol. The van der Waals surface area contributed by atoms with E-state index in [4.69, 9.17) is 14.2 Å². The minimum absolute atomic E-state index is 0.00525. The van der Waals surface area contributed by atoms with Gasteiger partial charge in [0.05, 0.1) is 38.5 Å². The average molecular weight is 502 g/mol. The number of benzene rings is 3. The molecule has 1 heterocycles. The number of aliphatic hydroxyl groups is 1. The number of carbonyl (C=O) groups is 3. The second kappa shape index (κ2) is 11.0. The molecule has 4 rings (SSSR count). The van der Waals surface area contributed by atoms with Gasteiger partial charge < -0.3 is 24.2 Å². The van der Waals surface area contributed by atoms with Crippen LogP contribution in [-0.4, -0.2) is 55.5 Å². The van der Waals surface area contributed by atoms with Crippen molar-refractivity contribution < 1.29 is 33.7 Å². The van der Waals surface area contributed by atoms with Crippen molar-refractivity contribution in [2.45, 2.75) is 12.5 Å². The summed E-state index contributed by atoms with van der Waals surface area (Å²) in [6, 6.07) is 19.7. The Kier molecular flexibility index (Phi) is 7.57. The maximum absolute atomic E-state index is 13.2. The molecule has 0 spiro atoms. The van der Waals surface area contributed by atoms with Crippen molar-refractivity contribution in [3.05, 3.63) is 101 Å². The average Bonchev–Trinajstić information content (AvgIpc) is 3.20. The summed E-state index contributed by atoms with van der Waals surface area (Å²) >= 11 is 0. The Labute approximate surface area is 214 Å². The highest BCUT2D eigenvalue weighted by atomic mass is 16.5. The molecule has 1 saturated heterocycles. The first kappa shape index (κ1) is 25.5. The van der Waals surface area contributed by atoms with Crippen LogP contribution >= 0.6 is 0 Å². The normalized spacial score (nSPS) is 16.5. The van der Waals surface area contributed by atoms with E-state index in [9.17, 15) is 19.5 Å². The second-order valence-corrected chi connectivity index (χ2v) is 8.41. The Hall–Kier alpha value is -4.59. The number of aliphatic hydroxyl groups excluding tert-OH is 1. The fourth-order valence-electron chi connectivity index (χ4n) is 4.41.